The highest BCUT2D eigenvalue weighted by Gasteiger charge is 2.21. The number of hydrogen-bond donors (Lipinski definition) is 2. The Morgan fingerprint density at radius 2 is 2.23 bits per heavy atom. The van der Waals surface area contributed by atoms with E-state index in [1.165, 1.54) is 11.3 Å². The zero-order valence-electron chi connectivity index (χ0n) is 13.7. The molecule has 11 heteroatoms. The second kappa shape index (κ2) is 6.12. The Morgan fingerprint density at radius 1 is 1.38 bits per heavy atom. The van der Waals surface area contributed by atoms with E-state index in [9.17, 15) is 4.21 Å². The maximum Gasteiger partial charge on any atom is 0.206 e. The van der Waals surface area contributed by atoms with Crippen molar-refractivity contribution in [2.24, 2.45) is 5.14 Å². The van der Waals surface area contributed by atoms with Crippen LogP contribution in [0.5, 0.6) is 0 Å². The lowest BCUT2D eigenvalue weighted by molar-refractivity contribution is 0.682. The number of benzene rings is 1. The minimum absolute atomic E-state index is 0.283. The Bertz CT molecular complexity index is 1170. The van der Waals surface area contributed by atoms with Crippen molar-refractivity contribution in [1.82, 2.24) is 35.2 Å². The molecule has 132 valence electrons. The highest BCUT2D eigenvalue weighted by Crippen LogP contribution is 2.35. The third kappa shape index (κ3) is 2.81. The van der Waals surface area contributed by atoms with Gasteiger partial charge in [0, 0.05) is 28.9 Å². The van der Waals surface area contributed by atoms with Crippen molar-refractivity contribution in [3.8, 4) is 27.8 Å². The quantitative estimate of drug-likeness (QED) is 0.511. The average molecular weight is 386 g/mol. The molecule has 0 amide bonds. The van der Waals surface area contributed by atoms with Gasteiger partial charge >= 0.3 is 0 Å². The van der Waals surface area contributed by atoms with Gasteiger partial charge in [-0.15, -0.1) is 21.5 Å². The van der Waals surface area contributed by atoms with E-state index >= 15 is 0 Å². The molecule has 4 rings (SSSR count). The van der Waals surface area contributed by atoms with Crippen LogP contribution in [0.3, 0.4) is 0 Å². The van der Waals surface area contributed by atoms with Crippen LogP contribution in [0.4, 0.5) is 0 Å². The zero-order valence-corrected chi connectivity index (χ0v) is 15.3. The summed E-state index contributed by atoms with van der Waals surface area (Å²) in [6.07, 6.45) is 3.56. The summed E-state index contributed by atoms with van der Waals surface area (Å²) in [4.78, 5) is 9.24. The molecule has 0 fully saturated rings. The van der Waals surface area contributed by atoms with E-state index in [-0.39, 0.29) is 5.82 Å². The normalized spacial score (nSPS) is 13.6. The molecule has 3 N–H and O–H groups in total. The molecule has 3 aromatic heterocycles. The van der Waals surface area contributed by atoms with Gasteiger partial charge in [-0.2, -0.15) is 5.21 Å². The van der Waals surface area contributed by atoms with Crippen LogP contribution in [-0.2, 0) is 9.71 Å². The third-order valence-electron chi connectivity index (χ3n) is 3.77. The standard InChI is InChI=1S/C15H14N8OS2/c1-9-17-6-7-23(9)15-18-11(8-25-15)10-4-3-5-12(26(2,16)24)13(10)14-19-21-22-20-14/h3-8H,2H2,1H3,(H2,16,24)(H,19,20,21,22). The van der Waals surface area contributed by atoms with Crippen LogP contribution in [0.2, 0.25) is 0 Å². The van der Waals surface area contributed by atoms with Crippen LogP contribution in [0, 0.1) is 6.92 Å². The van der Waals surface area contributed by atoms with Gasteiger partial charge in [-0.1, -0.05) is 12.1 Å². The van der Waals surface area contributed by atoms with E-state index in [1.54, 1.807) is 18.3 Å². The summed E-state index contributed by atoms with van der Waals surface area (Å²) in [5.41, 5.74) is 1.89. The molecular weight excluding hydrogens is 372 g/mol. The van der Waals surface area contributed by atoms with Crippen LogP contribution in [0.25, 0.3) is 27.8 Å². The maximum atomic E-state index is 12.5. The summed E-state index contributed by atoms with van der Waals surface area (Å²) in [5, 5.41) is 22.5. The fourth-order valence-electron chi connectivity index (χ4n) is 2.61. The average Bonchev–Trinajstić information content (AvgIpc) is 3.34. The van der Waals surface area contributed by atoms with Crippen molar-refractivity contribution in [3.63, 3.8) is 0 Å². The van der Waals surface area contributed by atoms with Gasteiger partial charge < -0.3 is 0 Å². The molecule has 4 aromatic rings. The van der Waals surface area contributed by atoms with Crippen LogP contribution >= 0.6 is 11.3 Å². The minimum atomic E-state index is -2.99. The van der Waals surface area contributed by atoms with Crippen molar-refractivity contribution >= 4 is 26.9 Å². The lowest BCUT2D eigenvalue weighted by Gasteiger charge is -2.11. The smallest absolute Gasteiger partial charge is 0.206 e. The van der Waals surface area contributed by atoms with Gasteiger partial charge in [0.2, 0.25) is 5.82 Å². The summed E-state index contributed by atoms with van der Waals surface area (Å²) in [7, 11) is -2.99. The number of H-pyrrole nitrogens is 1. The van der Waals surface area contributed by atoms with E-state index in [0.29, 0.717) is 21.7 Å². The van der Waals surface area contributed by atoms with E-state index in [0.717, 1.165) is 11.0 Å². The number of nitrogens with one attached hydrogen (secondary N) is 1. The summed E-state index contributed by atoms with van der Waals surface area (Å²) < 4.78 is 14.4. The van der Waals surface area contributed by atoms with Crippen LogP contribution in [0.15, 0.2) is 40.9 Å². The van der Waals surface area contributed by atoms with Crippen molar-refractivity contribution in [2.75, 3.05) is 0 Å². The molecule has 1 atom stereocenters. The molecule has 0 bridgehead atoms. The lowest BCUT2D eigenvalue weighted by atomic mass is 10.0. The largest absolute Gasteiger partial charge is 0.279 e. The van der Waals surface area contributed by atoms with Crippen LogP contribution in [-0.4, -0.2) is 45.2 Å². The zero-order chi connectivity index (χ0) is 18.3. The number of hydrogen-bond acceptors (Lipinski definition) is 7. The fraction of sp³-hybridized carbons (Fsp3) is 0.0667. The predicted molar refractivity (Wildman–Crippen MR) is 100 cm³/mol. The highest BCUT2D eigenvalue weighted by atomic mass is 32.2. The molecule has 0 radical (unpaired) electrons. The van der Waals surface area contributed by atoms with E-state index in [1.807, 2.05) is 29.1 Å². The topological polar surface area (TPSA) is 128 Å². The molecule has 3 heterocycles. The molecule has 26 heavy (non-hydrogen) atoms. The van der Waals surface area contributed by atoms with Crippen molar-refractivity contribution in [3.05, 3.63) is 41.8 Å². The van der Waals surface area contributed by atoms with Crippen LogP contribution < -0.4 is 5.14 Å². The second-order valence-electron chi connectivity index (χ2n) is 5.50. The van der Waals surface area contributed by atoms with Gasteiger partial charge in [0.1, 0.15) is 5.82 Å². The number of thiazole rings is 1. The molecule has 0 aliphatic heterocycles. The molecule has 0 aliphatic carbocycles. The van der Waals surface area contributed by atoms with Gasteiger partial charge in [0.25, 0.3) is 0 Å². The Hall–Kier alpha value is -2.89. The number of rotatable bonds is 4. The van der Waals surface area contributed by atoms with Crippen molar-refractivity contribution in [1.29, 1.82) is 0 Å². The molecule has 0 spiro atoms. The molecule has 1 aromatic carbocycles. The van der Waals surface area contributed by atoms with Gasteiger partial charge in [0.15, 0.2) is 5.13 Å². The first-order valence-corrected chi connectivity index (χ1v) is 10.1. The molecular formula is C15H14N8OS2. The SMILES string of the molecule is C=S(N)(=O)c1cccc(-c2csc(-n3ccnc3C)n2)c1-c1nn[nH]n1. The predicted octanol–water partition coefficient (Wildman–Crippen LogP) is 1.43. The monoisotopic (exact) mass is 386 g/mol. The number of aromatic amines is 1. The van der Waals surface area contributed by atoms with Gasteiger partial charge in [-0.25, -0.2) is 14.2 Å². The van der Waals surface area contributed by atoms with Gasteiger partial charge in [0.05, 0.1) is 20.3 Å². The summed E-state index contributed by atoms with van der Waals surface area (Å²) in [6.45, 7) is 1.90. The minimum Gasteiger partial charge on any atom is -0.279 e. The lowest BCUT2D eigenvalue weighted by Crippen LogP contribution is -2.14. The number of imidazole rings is 1. The van der Waals surface area contributed by atoms with Gasteiger partial charge in [-0.3, -0.25) is 9.71 Å². The number of aromatic nitrogens is 7. The van der Waals surface area contributed by atoms with Crippen molar-refractivity contribution in [2.45, 2.75) is 11.8 Å². The van der Waals surface area contributed by atoms with E-state index < -0.39 is 9.71 Å². The van der Waals surface area contributed by atoms with Gasteiger partial charge in [-0.05, 0) is 24.1 Å². The summed E-state index contributed by atoms with van der Waals surface area (Å²) in [6, 6.07) is 5.26. The Balaban J connectivity index is 1.93. The Kier molecular flexibility index (Phi) is 3.90. The Morgan fingerprint density at radius 3 is 2.88 bits per heavy atom. The van der Waals surface area contributed by atoms with E-state index in [2.05, 4.69) is 36.5 Å². The summed E-state index contributed by atoms with van der Waals surface area (Å²) in [5.74, 6) is 4.71. The number of aryl methyl sites for hydroxylation is 1. The molecule has 0 saturated carbocycles. The summed E-state index contributed by atoms with van der Waals surface area (Å²) >= 11 is 1.46. The second-order valence-corrected chi connectivity index (χ2v) is 8.23. The van der Waals surface area contributed by atoms with Crippen LogP contribution in [0.1, 0.15) is 5.82 Å². The fourth-order valence-corrected chi connectivity index (χ4v) is 4.32. The van der Waals surface area contributed by atoms with E-state index in [4.69, 9.17) is 5.14 Å². The first-order valence-electron chi connectivity index (χ1n) is 7.43. The maximum absolute atomic E-state index is 12.5. The molecule has 9 nitrogen and oxygen atoms in total. The number of tetrazole rings is 1. The number of nitrogens with zero attached hydrogens (tertiary/aromatic N) is 6. The first-order chi connectivity index (χ1) is 12.4. The molecule has 1 unspecified atom stereocenters. The highest BCUT2D eigenvalue weighted by molar-refractivity contribution is 7.98. The number of nitrogens with two attached hydrogens (primary N) is 1. The third-order valence-corrected chi connectivity index (χ3v) is 5.69. The molecule has 0 aliphatic rings. The molecule has 0 saturated heterocycles. The first kappa shape index (κ1) is 16.6. The van der Waals surface area contributed by atoms with Crippen molar-refractivity contribution < 1.29 is 4.21 Å². The Labute approximate surface area is 153 Å².